The molecular formula is C17H16F3N3O4. The van der Waals surface area contributed by atoms with Gasteiger partial charge in [0.1, 0.15) is 11.4 Å². The molecule has 0 bridgehead atoms. The molecule has 2 N–H and O–H groups in total. The van der Waals surface area contributed by atoms with E-state index in [1.807, 2.05) is 0 Å². The third-order valence-corrected chi connectivity index (χ3v) is 3.50. The summed E-state index contributed by atoms with van der Waals surface area (Å²) in [5, 5.41) is 16.3. The van der Waals surface area contributed by atoms with E-state index in [1.165, 1.54) is 43.4 Å². The molecule has 27 heavy (non-hydrogen) atoms. The van der Waals surface area contributed by atoms with Gasteiger partial charge in [-0.05, 0) is 29.8 Å². The molecule has 1 amide bonds. The van der Waals surface area contributed by atoms with E-state index in [1.54, 1.807) is 0 Å². The number of carbonyl (C=O) groups is 1. The van der Waals surface area contributed by atoms with Crippen molar-refractivity contribution < 1.29 is 27.6 Å². The van der Waals surface area contributed by atoms with E-state index in [2.05, 4.69) is 15.4 Å². The van der Waals surface area contributed by atoms with Gasteiger partial charge in [0.15, 0.2) is 6.61 Å². The number of ether oxygens (including phenoxy) is 1. The molecule has 144 valence electrons. The predicted octanol–water partition coefficient (Wildman–Crippen LogP) is 3.51. The van der Waals surface area contributed by atoms with Crippen molar-refractivity contribution in [2.24, 2.45) is 0 Å². The number of nitrogens with zero attached hydrogens (tertiary/aromatic N) is 1. The van der Waals surface area contributed by atoms with E-state index < -0.39 is 23.6 Å². The Bertz CT molecular complexity index is 823. The van der Waals surface area contributed by atoms with Crippen LogP contribution in [0.25, 0.3) is 0 Å². The van der Waals surface area contributed by atoms with Gasteiger partial charge < -0.3 is 15.4 Å². The highest BCUT2D eigenvalue weighted by Gasteiger charge is 2.28. The third-order valence-electron chi connectivity index (χ3n) is 3.50. The highest BCUT2D eigenvalue weighted by Crippen LogP contribution is 2.25. The van der Waals surface area contributed by atoms with Crippen molar-refractivity contribution in [3.05, 3.63) is 63.7 Å². The lowest BCUT2D eigenvalue weighted by Gasteiger charge is -2.10. The molecule has 0 aliphatic carbocycles. The molecule has 0 saturated heterocycles. The molecule has 7 nitrogen and oxygen atoms in total. The monoisotopic (exact) mass is 383 g/mol. The number of anilines is 1. The molecule has 0 saturated carbocycles. The molecule has 0 radical (unpaired) electrons. The average molecular weight is 383 g/mol. The number of nitro benzene ring substituents is 1. The van der Waals surface area contributed by atoms with E-state index in [-0.39, 0.29) is 29.2 Å². The van der Waals surface area contributed by atoms with Crippen molar-refractivity contribution in [2.45, 2.75) is 12.7 Å². The second-order valence-corrected chi connectivity index (χ2v) is 5.47. The number of hydrogen-bond donors (Lipinski definition) is 2. The molecule has 0 aliphatic heterocycles. The highest BCUT2D eigenvalue weighted by atomic mass is 19.4. The van der Waals surface area contributed by atoms with Gasteiger partial charge in [0.2, 0.25) is 0 Å². The van der Waals surface area contributed by atoms with Gasteiger partial charge in [-0.3, -0.25) is 14.9 Å². The fourth-order valence-corrected chi connectivity index (χ4v) is 2.19. The summed E-state index contributed by atoms with van der Waals surface area (Å²) >= 11 is 0. The maximum Gasteiger partial charge on any atom is 0.422 e. The predicted molar refractivity (Wildman–Crippen MR) is 91.8 cm³/mol. The van der Waals surface area contributed by atoms with Crippen molar-refractivity contribution in [1.29, 1.82) is 0 Å². The normalized spacial score (nSPS) is 11.0. The van der Waals surface area contributed by atoms with Crippen LogP contribution in [0.1, 0.15) is 15.9 Å². The van der Waals surface area contributed by atoms with Gasteiger partial charge in [-0.15, -0.1) is 0 Å². The second-order valence-electron chi connectivity index (χ2n) is 5.47. The van der Waals surface area contributed by atoms with Crippen molar-refractivity contribution in [3.8, 4) is 5.75 Å². The fourth-order valence-electron chi connectivity index (χ4n) is 2.19. The second kappa shape index (κ2) is 8.39. The van der Waals surface area contributed by atoms with E-state index in [0.717, 1.165) is 6.07 Å². The molecule has 0 spiro atoms. The Kier molecular flexibility index (Phi) is 6.22. The summed E-state index contributed by atoms with van der Waals surface area (Å²) in [4.78, 5) is 22.6. The number of rotatable bonds is 7. The first-order chi connectivity index (χ1) is 12.7. The number of nitrogens with one attached hydrogen (secondary N) is 2. The molecule has 0 heterocycles. The largest absolute Gasteiger partial charge is 0.484 e. The molecule has 0 unspecified atom stereocenters. The lowest BCUT2D eigenvalue weighted by Crippen LogP contribution is -2.23. The van der Waals surface area contributed by atoms with Crippen LogP contribution in [0.4, 0.5) is 24.5 Å². The van der Waals surface area contributed by atoms with Gasteiger partial charge in [-0.1, -0.05) is 12.1 Å². The molecule has 0 aliphatic rings. The Balaban J connectivity index is 1.97. The van der Waals surface area contributed by atoms with Crippen molar-refractivity contribution in [2.75, 3.05) is 19.0 Å². The Hall–Kier alpha value is -3.30. The molecule has 10 heteroatoms. The number of amides is 1. The summed E-state index contributed by atoms with van der Waals surface area (Å²) in [6.45, 7) is -1.29. The summed E-state index contributed by atoms with van der Waals surface area (Å²) in [6, 6.07) is 9.79. The van der Waals surface area contributed by atoms with Gasteiger partial charge in [-0.2, -0.15) is 13.2 Å². The minimum atomic E-state index is -4.42. The van der Waals surface area contributed by atoms with Gasteiger partial charge in [0.25, 0.3) is 11.6 Å². The number of benzene rings is 2. The first-order valence-corrected chi connectivity index (χ1v) is 7.72. The zero-order valence-corrected chi connectivity index (χ0v) is 14.2. The lowest BCUT2D eigenvalue weighted by molar-refractivity contribution is -0.384. The highest BCUT2D eigenvalue weighted by molar-refractivity contribution is 5.95. The third kappa shape index (κ3) is 5.87. The lowest BCUT2D eigenvalue weighted by atomic mass is 10.1. The van der Waals surface area contributed by atoms with E-state index in [0.29, 0.717) is 5.56 Å². The van der Waals surface area contributed by atoms with Crippen LogP contribution < -0.4 is 15.4 Å². The molecule has 0 atom stereocenters. The Labute approximate surface area is 152 Å². The van der Waals surface area contributed by atoms with Crippen LogP contribution in [0, 0.1) is 10.1 Å². The quantitative estimate of drug-likeness (QED) is 0.564. The number of carbonyl (C=O) groups excluding carboxylic acids is 1. The molecule has 0 fully saturated rings. The van der Waals surface area contributed by atoms with Crippen LogP contribution >= 0.6 is 0 Å². The Morgan fingerprint density at radius 2 is 1.85 bits per heavy atom. The summed E-state index contributed by atoms with van der Waals surface area (Å²) in [5.41, 5.74) is 0.803. The van der Waals surface area contributed by atoms with Crippen LogP contribution in [0.3, 0.4) is 0 Å². The van der Waals surface area contributed by atoms with Crippen LogP contribution in [0.2, 0.25) is 0 Å². The van der Waals surface area contributed by atoms with Crippen LogP contribution in [0.5, 0.6) is 5.75 Å². The summed E-state index contributed by atoms with van der Waals surface area (Å²) in [5.74, 6) is -0.459. The number of alkyl halides is 3. The number of nitro groups is 1. The average Bonchev–Trinajstić information content (AvgIpc) is 2.64. The van der Waals surface area contributed by atoms with Crippen molar-refractivity contribution in [1.82, 2.24) is 5.32 Å². The summed E-state index contributed by atoms with van der Waals surface area (Å²) < 4.78 is 40.9. The Morgan fingerprint density at radius 3 is 2.41 bits per heavy atom. The van der Waals surface area contributed by atoms with Crippen LogP contribution in [-0.2, 0) is 6.54 Å². The van der Waals surface area contributed by atoms with Crippen LogP contribution in [-0.4, -0.2) is 30.7 Å². The van der Waals surface area contributed by atoms with Gasteiger partial charge in [-0.25, -0.2) is 0 Å². The zero-order valence-electron chi connectivity index (χ0n) is 14.2. The van der Waals surface area contributed by atoms with Gasteiger partial charge in [0.05, 0.1) is 4.92 Å². The number of hydrogen-bond acceptors (Lipinski definition) is 5. The maximum absolute atomic E-state index is 12.2. The first-order valence-electron chi connectivity index (χ1n) is 7.72. The molecule has 0 aromatic heterocycles. The smallest absolute Gasteiger partial charge is 0.422 e. The molecule has 2 aromatic carbocycles. The SMILES string of the molecule is CNc1ccc(C(=O)NCc2ccc(OCC(F)(F)F)cc2)cc1[N+](=O)[O-]. The summed E-state index contributed by atoms with van der Waals surface area (Å²) in [6.07, 6.45) is -4.42. The fraction of sp³-hybridized carbons (Fsp3) is 0.235. The van der Waals surface area contributed by atoms with Crippen molar-refractivity contribution >= 4 is 17.3 Å². The van der Waals surface area contributed by atoms with Crippen molar-refractivity contribution in [3.63, 3.8) is 0 Å². The van der Waals surface area contributed by atoms with E-state index >= 15 is 0 Å². The van der Waals surface area contributed by atoms with Gasteiger partial charge in [0, 0.05) is 25.2 Å². The number of halogens is 3. The van der Waals surface area contributed by atoms with E-state index in [9.17, 15) is 28.1 Å². The van der Waals surface area contributed by atoms with Crippen LogP contribution in [0.15, 0.2) is 42.5 Å². The first kappa shape index (κ1) is 20.0. The maximum atomic E-state index is 12.2. The molecule has 2 aromatic rings. The molecule has 2 rings (SSSR count). The van der Waals surface area contributed by atoms with E-state index in [4.69, 9.17) is 0 Å². The Morgan fingerprint density at radius 1 is 1.19 bits per heavy atom. The minimum Gasteiger partial charge on any atom is -0.484 e. The zero-order chi connectivity index (χ0) is 20.0. The minimum absolute atomic E-state index is 0.0562. The van der Waals surface area contributed by atoms with Gasteiger partial charge >= 0.3 is 6.18 Å². The molecular weight excluding hydrogens is 367 g/mol. The topological polar surface area (TPSA) is 93.5 Å². The summed E-state index contributed by atoms with van der Waals surface area (Å²) in [7, 11) is 1.53. The standard InChI is InChI=1S/C17H16F3N3O4/c1-21-14-7-4-12(8-15(14)23(25)26)16(24)22-9-11-2-5-13(6-3-11)27-10-17(18,19)20/h2-8,21H,9-10H2,1H3,(H,22,24).